The van der Waals surface area contributed by atoms with Gasteiger partial charge in [-0.1, -0.05) is 19.1 Å². The molecule has 0 bridgehead atoms. The van der Waals surface area contributed by atoms with Crippen LogP contribution in [0.2, 0.25) is 0 Å². The number of anilines is 1. The highest BCUT2D eigenvalue weighted by molar-refractivity contribution is 5.82. The van der Waals surface area contributed by atoms with E-state index in [-0.39, 0.29) is 11.4 Å². The van der Waals surface area contributed by atoms with Crippen LogP contribution in [0.25, 0.3) is 11.0 Å². The van der Waals surface area contributed by atoms with Gasteiger partial charge in [-0.15, -0.1) is 0 Å². The molecule has 2 aromatic carbocycles. The number of aromatic hydroxyl groups is 1. The Labute approximate surface area is 169 Å². The topological polar surface area (TPSA) is 67.4 Å². The third-order valence-corrected chi connectivity index (χ3v) is 5.75. The number of rotatable bonds is 5. The van der Waals surface area contributed by atoms with E-state index in [0.717, 1.165) is 67.1 Å². The highest BCUT2D eigenvalue weighted by Gasteiger charge is 2.23. The van der Waals surface area contributed by atoms with E-state index in [0.29, 0.717) is 5.58 Å². The molecule has 1 aliphatic rings. The molecule has 0 radical (unpaired) electrons. The fourth-order valence-electron chi connectivity index (χ4n) is 4.14. The number of phenols is 1. The maximum atomic E-state index is 12.0. The lowest BCUT2D eigenvalue weighted by Gasteiger charge is -2.34. The zero-order valence-electron chi connectivity index (χ0n) is 16.9. The van der Waals surface area contributed by atoms with E-state index < -0.39 is 0 Å². The van der Waals surface area contributed by atoms with Crippen molar-refractivity contribution in [1.29, 1.82) is 0 Å². The van der Waals surface area contributed by atoms with Gasteiger partial charge in [-0.25, -0.2) is 4.79 Å². The Bertz CT molecular complexity index is 1070. The molecule has 0 atom stereocenters. The van der Waals surface area contributed by atoms with Crippen LogP contribution in [0.5, 0.6) is 11.5 Å². The van der Waals surface area contributed by atoms with E-state index in [1.807, 2.05) is 31.2 Å². The Balaban J connectivity index is 1.54. The Morgan fingerprint density at radius 3 is 2.62 bits per heavy atom. The van der Waals surface area contributed by atoms with Crippen LogP contribution < -0.4 is 20.2 Å². The minimum atomic E-state index is -0.372. The summed E-state index contributed by atoms with van der Waals surface area (Å²) in [7, 11) is 1.70. The van der Waals surface area contributed by atoms with Crippen LogP contribution in [0.15, 0.2) is 51.7 Å². The number of fused-ring (bicyclic) bond motifs is 1. The minimum Gasteiger partial charge on any atom is -0.508 e. The number of benzene rings is 2. The van der Waals surface area contributed by atoms with E-state index >= 15 is 0 Å². The van der Waals surface area contributed by atoms with Gasteiger partial charge in [0.15, 0.2) is 0 Å². The number of nitrogens with zero attached hydrogens (tertiary/aromatic N) is 1. The Morgan fingerprint density at radius 2 is 1.90 bits per heavy atom. The number of methoxy groups -OCH3 is 1. The average Bonchev–Trinajstić information content (AvgIpc) is 2.73. The van der Waals surface area contributed by atoms with Crippen LogP contribution in [-0.4, -0.2) is 38.4 Å². The molecule has 1 saturated heterocycles. The lowest BCUT2D eigenvalue weighted by molar-refractivity contribution is -0.914. The molecule has 1 aromatic heterocycles. The molecule has 29 heavy (non-hydrogen) atoms. The van der Waals surface area contributed by atoms with E-state index in [1.165, 1.54) is 4.90 Å². The molecule has 1 aliphatic heterocycles. The van der Waals surface area contributed by atoms with Crippen LogP contribution in [0.3, 0.4) is 0 Å². The summed E-state index contributed by atoms with van der Waals surface area (Å²) in [6.07, 6.45) is 0.727. The lowest BCUT2D eigenvalue weighted by Crippen LogP contribution is -3.13. The molecule has 0 amide bonds. The van der Waals surface area contributed by atoms with Gasteiger partial charge in [0.1, 0.15) is 23.6 Å². The molecule has 6 nitrogen and oxygen atoms in total. The second-order valence-corrected chi connectivity index (χ2v) is 7.51. The number of hydrogen-bond donors (Lipinski definition) is 2. The first-order chi connectivity index (χ1) is 14.1. The Kier molecular flexibility index (Phi) is 5.45. The van der Waals surface area contributed by atoms with Gasteiger partial charge < -0.3 is 24.1 Å². The van der Waals surface area contributed by atoms with Crippen molar-refractivity contribution in [2.24, 2.45) is 0 Å². The first-order valence-electron chi connectivity index (χ1n) is 10.1. The quantitative estimate of drug-likeness (QED) is 0.647. The number of nitrogens with one attached hydrogen (secondary N) is 1. The summed E-state index contributed by atoms with van der Waals surface area (Å²) >= 11 is 0. The normalized spacial score (nSPS) is 15.0. The number of piperazine rings is 1. The van der Waals surface area contributed by atoms with Crippen molar-refractivity contribution < 1.29 is 19.2 Å². The van der Waals surface area contributed by atoms with E-state index in [1.54, 1.807) is 19.2 Å². The zero-order valence-corrected chi connectivity index (χ0v) is 16.9. The number of para-hydroxylation sites is 2. The summed E-state index contributed by atoms with van der Waals surface area (Å²) < 4.78 is 10.8. The van der Waals surface area contributed by atoms with E-state index in [9.17, 15) is 9.90 Å². The molecule has 0 saturated carbocycles. The molecule has 6 heteroatoms. The van der Waals surface area contributed by atoms with E-state index in [2.05, 4.69) is 11.0 Å². The van der Waals surface area contributed by atoms with Gasteiger partial charge in [0.2, 0.25) is 0 Å². The van der Waals surface area contributed by atoms with Crippen LogP contribution in [-0.2, 0) is 13.0 Å². The minimum absolute atomic E-state index is 0.179. The molecule has 4 rings (SSSR count). The number of phenolic OH excluding ortho intramolecular Hbond substituents is 1. The first-order valence-corrected chi connectivity index (χ1v) is 10.1. The molecule has 3 aromatic rings. The van der Waals surface area contributed by atoms with Crippen molar-refractivity contribution in [3.63, 3.8) is 0 Å². The number of aryl methyl sites for hydroxylation is 1. The molecule has 0 spiro atoms. The molecule has 152 valence electrons. The highest BCUT2D eigenvalue weighted by Crippen LogP contribution is 2.28. The van der Waals surface area contributed by atoms with Crippen LogP contribution in [0, 0.1) is 0 Å². The Hall–Kier alpha value is -2.99. The number of quaternary nitrogens is 1. The summed E-state index contributed by atoms with van der Waals surface area (Å²) in [5, 5.41) is 11.0. The van der Waals surface area contributed by atoms with Crippen molar-refractivity contribution in [1.82, 2.24) is 0 Å². The van der Waals surface area contributed by atoms with Gasteiger partial charge in [-0.3, -0.25) is 0 Å². The first kappa shape index (κ1) is 19.3. The zero-order chi connectivity index (χ0) is 20.4. The average molecular weight is 395 g/mol. The van der Waals surface area contributed by atoms with Crippen molar-refractivity contribution in [2.45, 2.75) is 19.9 Å². The highest BCUT2D eigenvalue weighted by atomic mass is 16.5. The SMILES string of the molecule is CCc1cc2c(C[NH+]3CCN(c4ccccc4OC)CC3)cc(=O)oc2cc1O. The summed E-state index contributed by atoms with van der Waals surface area (Å²) in [6, 6.07) is 13.2. The molecule has 0 aliphatic carbocycles. The van der Waals surface area contributed by atoms with E-state index in [4.69, 9.17) is 9.15 Å². The third-order valence-electron chi connectivity index (χ3n) is 5.75. The lowest BCUT2D eigenvalue weighted by atomic mass is 10.0. The van der Waals surface area contributed by atoms with Crippen LogP contribution in [0.1, 0.15) is 18.1 Å². The predicted octanol–water partition coefficient (Wildman–Crippen LogP) is 1.97. The second-order valence-electron chi connectivity index (χ2n) is 7.51. The molecular formula is C23H27N2O4+. The van der Waals surface area contributed by atoms with Crippen molar-refractivity contribution >= 4 is 16.7 Å². The van der Waals surface area contributed by atoms with Gasteiger partial charge in [0.25, 0.3) is 0 Å². The van der Waals surface area contributed by atoms with Crippen molar-refractivity contribution in [2.75, 3.05) is 38.2 Å². The third kappa shape index (κ3) is 3.93. The summed E-state index contributed by atoms with van der Waals surface area (Å²) in [6.45, 7) is 6.56. The van der Waals surface area contributed by atoms with Gasteiger partial charge >= 0.3 is 5.63 Å². The second kappa shape index (κ2) is 8.17. The largest absolute Gasteiger partial charge is 0.508 e. The van der Waals surface area contributed by atoms with Gasteiger partial charge in [0, 0.05) is 23.1 Å². The van der Waals surface area contributed by atoms with Crippen molar-refractivity contribution in [3.05, 3.63) is 64.0 Å². The molecular weight excluding hydrogens is 368 g/mol. The monoisotopic (exact) mass is 395 g/mol. The Morgan fingerprint density at radius 1 is 1.14 bits per heavy atom. The maximum Gasteiger partial charge on any atom is 0.336 e. The maximum absolute atomic E-state index is 12.0. The van der Waals surface area contributed by atoms with Crippen LogP contribution >= 0.6 is 0 Å². The van der Waals surface area contributed by atoms with Gasteiger partial charge in [-0.05, 0) is 30.2 Å². The number of hydrogen-bond acceptors (Lipinski definition) is 5. The van der Waals surface area contributed by atoms with Gasteiger partial charge in [-0.2, -0.15) is 0 Å². The smallest absolute Gasteiger partial charge is 0.336 e. The fraction of sp³-hybridized carbons (Fsp3) is 0.348. The fourth-order valence-corrected chi connectivity index (χ4v) is 4.14. The predicted molar refractivity (Wildman–Crippen MR) is 113 cm³/mol. The van der Waals surface area contributed by atoms with Gasteiger partial charge in [0.05, 0.1) is 39.0 Å². The summed E-state index contributed by atoms with van der Waals surface area (Å²) in [4.78, 5) is 15.8. The molecule has 0 unspecified atom stereocenters. The number of ether oxygens (including phenoxy) is 1. The summed E-state index contributed by atoms with van der Waals surface area (Å²) in [5.41, 5.74) is 3.05. The molecule has 2 heterocycles. The summed E-state index contributed by atoms with van der Waals surface area (Å²) in [5.74, 6) is 1.08. The standard InChI is InChI=1S/C23H26N2O4/c1-3-16-12-18-17(13-23(27)29-22(18)14-20(16)26)15-24-8-10-25(11-9-24)19-6-4-5-7-21(19)28-2/h4-7,12-14,26H,3,8-11,15H2,1-2H3/p+1. The molecule has 1 fully saturated rings. The van der Waals surface area contributed by atoms with Crippen LogP contribution in [0.4, 0.5) is 5.69 Å². The molecule has 2 N–H and O–H groups in total. The van der Waals surface area contributed by atoms with Crippen molar-refractivity contribution in [3.8, 4) is 11.5 Å².